The number of urea groups is 1. The molecule has 0 unspecified atom stereocenters. The smallest absolute Gasteiger partial charge is 0.352 e. The van der Waals surface area contributed by atoms with Crippen molar-refractivity contribution in [2.75, 3.05) is 31.5 Å². The summed E-state index contributed by atoms with van der Waals surface area (Å²) < 4.78 is 67.3. The molecule has 41 heavy (non-hydrogen) atoms. The van der Waals surface area contributed by atoms with Crippen LogP contribution in [0.5, 0.6) is 0 Å². The van der Waals surface area contributed by atoms with Crippen molar-refractivity contribution in [3.05, 3.63) is 60.1 Å². The first-order chi connectivity index (χ1) is 19.6. The molecule has 1 fully saturated rings. The summed E-state index contributed by atoms with van der Waals surface area (Å²) in [6, 6.07) is 7.74. The lowest BCUT2D eigenvalue weighted by molar-refractivity contribution is -0.133. The molecule has 4 heterocycles. The van der Waals surface area contributed by atoms with Crippen molar-refractivity contribution in [1.29, 1.82) is 0 Å². The highest BCUT2D eigenvalue weighted by Gasteiger charge is 2.28. The first kappa shape index (κ1) is 28.3. The molecule has 0 radical (unpaired) electrons. The number of aromatic nitrogens is 3. The van der Waals surface area contributed by atoms with Crippen LogP contribution in [0.15, 0.2) is 42.7 Å². The zero-order valence-corrected chi connectivity index (χ0v) is 22.0. The monoisotopic (exact) mass is 591 g/mol. The second kappa shape index (κ2) is 11.7. The van der Waals surface area contributed by atoms with Gasteiger partial charge in [-0.15, -0.1) is 11.3 Å². The van der Waals surface area contributed by atoms with Crippen molar-refractivity contribution >= 4 is 39.3 Å². The van der Waals surface area contributed by atoms with Gasteiger partial charge in [0.05, 0.1) is 24.0 Å². The molecule has 9 nitrogen and oxygen atoms in total. The van der Waals surface area contributed by atoms with Gasteiger partial charge in [0.1, 0.15) is 5.69 Å². The molecule has 3 amide bonds. The highest BCUT2D eigenvalue weighted by molar-refractivity contribution is 7.22. The number of carbonyl (C=O) groups is 2. The molecule has 0 atom stereocenters. The van der Waals surface area contributed by atoms with E-state index in [1.807, 2.05) is 0 Å². The van der Waals surface area contributed by atoms with Crippen LogP contribution in [0, 0.1) is 11.8 Å². The summed E-state index contributed by atoms with van der Waals surface area (Å²) >= 11 is 1.21. The minimum atomic E-state index is -4.30. The van der Waals surface area contributed by atoms with E-state index < -0.39 is 30.4 Å². The third-order valence-corrected chi connectivity index (χ3v) is 7.41. The number of fused-ring (bicyclic) bond motifs is 1. The van der Waals surface area contributed by atoms with Gasteiger partial charge in [-0.3, -0.25) is 9.69 Å². The number of thiophene rings is 1. The number of pyridine rings is 1. The summed E-state index contributed by atoms with van der Waals surface area (Å²) in [5.74, 6) is -1.69. The van der Waals surface area contributed by atoms with Gasteiger partial charge >= 0.3 is 12.2 Å². The fourth-order valence-corrected chi connectivity index (χ4v) is 5.46. The molecule has 0 saturated carbocycles. The topological polar surface area (TPSA) is 112 Å². The van der Waals surface area contributed by atoms with Crippen LogP contribution in [0.4, 0.5) is 32.7 Å². The molecule has 214 valence electrons. The summed E-state index contributed by atoms with van der Waals surface area (Å²) in [4.78, 5) is 36.8. The number of nitrogens with one attached hydrogen (secondary N) is 3. The number of hydrogen-bond acceptors (Lipinski definition) is 8. The lowest BCUT2D eigenvalue weighted by Gasteiger charge is -2.13. The fourth-order valence-electron chi connectivity index (χ4n) is 4.28. The van der Waals surface area contributed by atoms with E-state index in [1.165, 1.54) is 23.6 Å². The van der Waals surface area contributed by atoms with Crippen molar-refractivity contribution in [3.8, 4) is 21.7 Å². The van der Waals surface area contributed by atoms with Gasteiger partial charge in [0, 0.05) is 48.7 Å². The van der Waals surface area contributed by atoms with E-state index in [2.05, 4.69) is 30.9 Å². The molecule has 15 heteroatoms. The van der Waals surface area contributed by atoms with E-state index in [1.54, 1.807) is 24.3 Å². The molecule has 3 N–H and O–H groups in total. The summed E-state index contributed by atoms with van der Waals surface area (Å²) in [7, 11) is 0. The Morgan fingerprint density at radius 1 is 1.05 bits per heavy atom. The maximum atomic E-state index is 14.9. The van der Waals surface area contributed by atoms with Gasteiger partial charge in [0.25, 0.3) is 0 Å². The number of nitrogens with zero attached hydrogens (tertiary/aromatic N) is 4. The maximum Gasteiger partial charge on any atom is 0.390 e. The Labute approximate surface area is 233 Å². The zero-order chi connectivity index (χ0) is 29.1. The van der Waals surface area contributed by atoms with Crippen LogP contribution in [0.3, 0.4) is 0 Å². The normalized spacial score (nSPS) is 13.7. The summed E-state index contributed by atoms with van der Waals surface area (Å²) in [6.07, 6.45) is -3.02. The maximum absolute atomic E-state index is 14.9. The molecule has 3 aromatic heterocycles. The van der Waals surface area contributed by atoms with E-state index in [0.717, 1.165) is 16.5 Å². The van der Waals surface area contributed by atoms with E-state index in [0.29, 0.717) is 26.3 Å². The Morgan fingerprint density at radius 2 is 1.88 bits per heavy atom. The van der Waals surface area contributed by atoms with Crippen molar-refractivity contribution in [3.63, 3.8) is 0 Å². The van der Waals surface area contributed by atoms with Crippen molar-refractivity contribution in [2.24, 2.45) is 0 Å². The molecule has 0 aliphatic carbocycles. The number of anilines is 1. The van der Waals surface area contributed by atoms with Crippen LogP contribution >= 0.6 is 11.3 Å². The molecule has 1 aromatic carbocycles. The molecular weight excluding hydrogens is 569 g/mol. The van der Waals surface area contributed by atoms with Crippen LogP contribution in [-0.4, -0.2) is 64.1 Å². The van der Waals surface area contributed by atoms with Crippen molar-refractivity contribution in [2.45, 2.75) is 19.1 Å². The van der Waals surface area contributed by atoms with Crippen molar-refractivity contribution in [1.82, 2.24) is 30.5 Å². The van der Waals surface area contributed by atoms with E-state index >= 15 is 0 Å². The van der Waals surface area contributed by atoms with E-state index in [4.69, 9.17) is 0 Å². The van der Waals surface area contributed by atoms with Gasteiger partial charge in [0.15, 0.2) is 5.82 Å². The molecular formula is C26H22F5N7O2S. The molecule has 5 rings (SSSR count). The largest absolute Gasteiger partial charge is 0.390 e. The number of benzene rings is 1. The van der Waals surface area contributed by atoms with Gasteiger partial charge in [-0.1, -0.05) is 18.2 Å². The third-order valence-electron chi connectivity index (χ3n) is 6.22. The lowest BCUT2D eigenvalue weighted by atomic mass is 10.00. The average molecular weight is 592 g/mol. The number of halogens is 5. The summed E-state index contributed by atoms with van der Waals surface area (Å²) in [5, 5.41) is 8.75. The Balaban J connectivity index is 1.39. The molecule has 1 aliphatic heterocycles. The van der Waals surface area contributed by atoms with E-state index in [9.17, 15) is 31.5 Å². The molecule has 0 spiro atoms. The third kappa shape index (κ3) is 6.57. The SMILES string of the molecule is O=C1CNC(=O)N1CCNc1ncc(F)c(-c2cc3cccc(-c4cc(F)ncc4CNCCC(F)(F)F)c3s2)n1. The molecule has 1 aliphatic rings. The molecule has 4 aromatic rings. The number of imide groups is 1. The number of carbonyl (C=O) groups excluding carboxylic acids is 2. The second-order valence-electron chi connectivity index (χ2n) is 9.06. The van der Waals surface area contributed by atoms with Gasteiger partial charge in [-0.05, 0) is 22.6 Å². The van der Waals surface area contributed by atoms with Crippen LogP contribution in [0.25, 0.3) is 31.8 Å². The fraction of sp³-hybridized carbons (Fsp3) is 0.269. The van der Waals surface area contributed by atoms with Crippen LogP contribution in [0.1, 0.15) is 12.0 Å². The van der Waals surface area contributed by atoms with Crippen LogP contribution < -0.4 is 16.0 Å². The standard InChI is InChI=1S/C26H22F5N7O2S/c27-18-12-35-24(33-6-7-38-21(39)13-36-25(38)40)37-22(18)19-8-14-2-1-3-16(23(14)41-19)17-9-20(28)34-11-15(17)10-32-5-4-26(29,30)31/h1-3,8-9,11-12,32H,4-7,10,13H2,(H,36,40)(H,33,35,37). The van der Waals surface area contributed by atoms with Gasteiger partial charge < -0.3 is 16.0 Å². The number of rotatable bonds is 10. The number of alkyl halides is 3. The summed E-state index contributed by atoms with van der Waals surface area (Å²) in [6.45, 7) is -0.116. The lowest BCUT2D eigenvalue weighted by Crippen LogP contribution is -2.35. The second-order valence-corrected chi connectivity index (χ2v) is 10.1. The first-order valence-corrected chi connectivity index (χ1v) is 13.2. The van der Waals surface area contributed by atoms with Gasteiger partial charge in [-0.2, -0.15) is 17.6 Å². The van der Waals surface area contributed by atoms with Crippen molar-refractivity contribution < 1.29 is 31.5 Å². The first-order valence-electron chi connectivity index (χ1n) is 12.4. The molecule has 1 saturated heterocycles. The zero-order valence-electron chi connectivity index (χ0n) is 21.2. The van der Waals surface area contributed by atoms with Gasteiger partial charge in [0.2, 0.25) is 17.8 Å². The Morgan fingerprint density at radius 3 is 2.63 bits per heavy atom. The highest BCUT2D eigenvalue weighted by Crippen LogP contribution is 2.40. The number of hydrogen-bond donors (Lipinski definition) is 3. The molecule has 0 bridgehead atoms. The minimum Gasteiger partial charge on any atom is -0.352 e. The highest BCUT2D eigenvalue weighted by atomic mass is 32.1. The minimum absolute atomic E-state index is 0.0135. The average Bonchev–Trinajstić information content (AvgIpc) is 3.50. The predicted molar refractivity (Wildman–Crippen MR) is 142 cm³/mol. The van der Waals surface area contributed by atoms with Gasteiger partial charge in [-0.25, -0.2) is 24.1 Å². The predicted octanol–water partition coefficient (Wildman–Crippen LogP) is 4.70. The van der Waals surface area contributed by atoms with E-state index in [-0.39, 0.29) is 50.3 Å². The quantitative estimate of drug-likeness (QED) is 0.106. The number of amides is 3. The Bertz CT molecular complexity index is 1600. The Kier molecular flexibility index (Phi) is 8.08. The van der Waals surface area contributed by atoms with Crippen LogP contribution in [0.2, 0.25) is 0 Å². The summed E-state index contributed by atoms with van der Waals surface area (Å²) in [5.41, 5.74) is 1.57. The Hall–Kier alpha value is -4.24. The van der Waals surface area contributed by atoms with Crippen LogP contribution in [-0.2, 0) is 11.3 Å².